The van der Waals surface area contributed by atoms with Crippen molar-refractivity contribution in [1.29, 1.82) is 0 Å². The van der Waals surface area contributed by atoms with E-state index in [-0.39, 0.29) is 17.7 Å². The van der Waals surface area contributed by atoms with Gasteiger partial charge in [-0.15, -0.1) is 16.4 Å². The molecule has 0 radical (unpaired) electrons. The van der Waals surface area contributed by atoms with E-state index in [9.17, 15) is 9.18 Å². The monoisotopic (exact) mass is 469 g/mol. The average molecular weight is 470 g/mol. The Morgan fingerprint density at radius 1 is 1.03 bits per heavy atom. The van der Waals surface area contributed by atoms with Crippen LogP contribution in [0, 0.1) is 12.7 Å². The maximum atomic E-state index is 13.3. The Labute approximate surface area is 196 Å². The Morgan fingerprint density at radius 2 is 1.85 bits per heavy atom. The van der Waals surface area contributed by atoms with Gasteiger partial charge in [-0.2, -0.15) is 10.1 Å². The van der Waals surface area contributed by atoms with Crippen molar-refractivity contribution in [2.24, 2.45) is 0 Å². The Kier molecular flexibility index (Phi) is 4.66. The average Bonchev–Trinajstić information content (AvgIpc) is 3.53. The summed E-state index contributed by atoms with van der Waals surface area (Å²) in [5.74, 6) is 0.124. The Hall–Kier alpha value is -4.44. The van der Waals surface area contributed by atoms with Crippen molar-refractivity contribution in [3.8, 4) is 17.1 Å². The van der Waals surface area contributed by atoms with Crippen LogP contribution in [-0.2, 0) is 0 Å². The van der Waals surface area contributed by atoms with Crippen LogP contribution in [0.4, 0.5) is 10.3 Å². The number of rotatable bonds is 4. The maximum absolute atomic E-state index is 13.3. The minimum Gasteiger partial charge on any atom is -0.289 e. The Bertz CT molecular complexity index is 1680. The molecule has 2 aromatic carbocycles. The van der Waals surface area contributed by atoms with E-state index >= 15 is 0 Å². The van der Waals surface area contributed by atoms with E-state index in [1.807, 2.05) is 48.7 Å². The molecule has 0 saturated heterocycles. The van der Waals surface area contributed by atoms with Gasteiger partial charge >= 0.3 is 0 Å². The molecule has 1 amide bonds. The quantitative estimate of drug-likeness (QED) is 0.397. The Morgan fingerprint density at radius 3 is 2.71 bits per heavy atom. The van der Waals surface area contributed by atoms with Gasteiger partial charge in [0.15, 0.2) is 5.82 Å². The molecule has 0 unspecified atom stereocenters. The third kappa shape index (κ3) is 3.41. The summed E-state index contributed by atoms with van der Waals surface area (Å²) >= 11 is 1.38. The third-order valence-electron chi connectivity index (χ3n) is 5.50. The van der Waals surface area contributed by atoms with Crippen molar-refractivity contribution >= 4 is 39.1 Å². The molecule has 4 aromatic heterocycles. The SMILES string of the molecule is Cc1c(C(=O)Nc2nc3scc(-c4ccc(F)cc4)n3n2)cnn1-c1ccc2ccccc2n1. The van der Waals surface area contributed by atoms with E-state index in [0.717, 1.165) is 22.2 Å². The zero-order valence-corrected chi connectivity index (χ0v) is 18.6. The smallest absolute Gasteiger partial charge is 0.261 e. The van der Waals surface area contributed by atoms with Crippen LogP contribution in [0.25, 0.3) is 32.9 Å². The summed E-state index contributed by atoms with van der Waals surface area (Å²) in [5.41, 5.74) is 3.45. The van der Waals surface area contributed by atoms with Gasteiger partial charge in [0.25, 0.3) is 11.9 Å². The van der Waals surface area contributed by atoms with E-state index in [1.54, 1.807) is 21.3 Å². The van der Waals surface area contributed by atoms with Crippen LogP contribution in [0.5, 0.6) is 0 Å². The maximum Gasteiger partial charge on any atom is 0.261 e. The molecule has 34 heavy (non-hydrogen) atoms. The number of aromatic nitrogens is 6. The molecule has 0 aliphatic carbocycles. The molecule has 0 spiro atoms. The fraction of sp³-hybridized carbons (Fsp3) is 0.0417. The van der Waals surface area contributed by atoms with E-state index < -0.39 is 0 Å². The molecule has 1 N–H and O–H groups in total. The highest BCUT2D eigenvalue weighted by Crippen LogP contribution is 2.26. The number of hydrogen-bond acceptors (Lipinski definition) is 6. The summed E-state index contributed by atoms with van der Waals surface area (Å²) in [6.45, 7) is 1.81. The lowest BCUT2D eigenvalue weighted by Crippen LogP contribution is -2.14. The van der Waals surface area contributed by atoms with Gasteiger partial charge in [0.2, 0.25) is 4.96 Å². The molecule has 0 bridgehead atoms. The van der Waals surface area contributed by atoms with Crippen molar-refractivity contribution in [2.75, 3.05) is 5.32 Å². The summed E-state index contributed by atoms with van der Waals surface area (Å²) in [6.07, 6.45) is 1.50. The first-order chi connectivity index (χ1) is 16.6. The highest BCUT2D eigenvalue weighted by molar-refractivity contribution is 7.15. The number of para-hydroxylation sites is 1. The van der Waals surface area contributed by atoms with E-state index in [0.29, 0.717) is 22.0 Å². The lowest BCUT2D eigenvalue weighted by molar-refractivity contribution is 0.102. The second-order valence-electron chi connectivity index (χ2n) is 7.63. The third-order valence-corrected chi connectivity index (χ3v) is 6.32. The molecule has 0 aliphatic heterocycles. The van der Waals surface area contributed by atoms with Crippen LogP contribution in [0.15, 0.2) is 72.2 Å². The summed E-state index contributed by atoms with van der Waals surface area (Å²) in [5, 5.41) is 14.4. The van der Waals surface area contributed by atoms with Gasteiger partial charge in [0, 0.05) is 16.3 Å². The Balaban J connectivity index is 1.28. The zero-order valence-electron chi connectivity index (χ0n) is 17.8. The number of anilines is 1. The van der Waals surface area contributed by atoms with Crippen LogP contribution in [0.2, 0.25) is 0 Å². The number of pyridine rings is 1. The number of benzene rings is 2. The molecular formula is C24H16FN7OS. The second-order valence-corrected chi connectivity index (χ2v) is 8.47. The molecule has 0 saturated carbocycles. The fourth-order valence-corrected chi connectivity index (χ4v) is 4.59. The van der Waals surface area contributed by atoms with Crippen LogP contribution in [-0.4, -0.2) is 35.3 Å². The molecule has 6 rings (SSSR count). The summed E-state index contributed by atoms with van der Waals surface area (Å²) in [4.78, 5) is 22.6. The summed E-state index contributed by atoms with van der Waals surface area (Å²) < 4.78 is 16.5. The lowest BCUT2D eigenvalue weighted by atomic mass is 10.2. The predicted molar refractivity (Wildman–Crippen MR) is 128 cm³/mol. The van der Waals surface area contributed by atoms with E-state index in [2.05, 4.69) is 25.5 Å². The first-order valence-corrected chi connectivity index (χ1v) is 11.3. The number of nitrogens with zero attached hydrogens (tertiary/aromatic N) is 6. The van der Waals surface area contributed by atoms with Gasteiger partial charge in [-0.05, 0) is 49.4 Å². The molecule has 6 aromatic rings. The molecule has 4 heterocycles. The number of amides is 1. The molecule has 0 aliphatic rings. The van der Waals surface area contributed by atoms with Gasteiger partial charge < -0.3 is 0 Å². The predicted octanol–water partition coefficient (Wildman–Crippen LogP) is 4.89. The molecule has 166 valence electrons. The van der Waals surface area contributed by atoms with Gasteiger partial charge in [-0.25, -0.2) is 18.6 Å². The highest BCUT2D eigenvalue weighted by Gasteiger charge is 2.19. The van der Waals surface area contributed by atoms with Crippen molar-refractivity contribution in [3.05, 3.63) is 89.3 Å². The topological polar surface area (TPSA) is 90.0 Å². The summed E-state index contributed by atoms with van der Waals surface area (Å²) in [7, 11) is 0. The molecule has 10 heteroatoms. The number of nitrogens with one attached hydrogen (secondary N) is 1. The first-order valence-electron chi connectivity index (χ1n) is 10.4. The number of fused-ring (bicyclic) bond motifs is 2. The largest absolute Gasteiger partial charge is 0.289 e. The number of carbonyl (C=O) groups excluding carboxylic acids is 1. The van der Waals surface area contributed by atoms with Gasteiger partial charge in [-0.1, -0.05) is 18.2 Å². The highest BCUT2D eigenvalue weighted by atomic mass is 32.1. The number of hydrogen-bond donors (Lipinski definition) is 1. The van der Waals surface area contributed by atoms with Crippen molar-refractivity contribution in [1.82, 2.24) is 29.4 Å². The second kappa shape index (κ2) is 7.85. The van der Waals surface area contributed by atoms with Crippen molar-refractivity contribution < 1.29 is 9.18 Å². The van der Waals surface area contributed by atoms with Crippen LogP contribution >= 0.6 is 11.3 Å². The minimum atomic E-state index is -0.369. The number of carbonyl (C=O) groups is 1. The summed E-state index contributed by atoms with van der Waals surface area (Å²) in [6, 6.07) is 17.8. The molecule has 8 nitrogen and oxygen atoms in total. The standard InChI is InChI=1S/C24H16FN7OS/c1-14-18(12-26-31(14)21-11-8-15-4-2-3-5-19(15)27-21)22(33)28-23-29-24-32(30-23)20(13-34-24)16-6-9-17(25)10-7-16/h2-13H,1H3,(H,28,30,33). The normalized spacial score (nSPS) is 11.4. The lowest BCUT2D eigenvalue weighted by Gasteiger charge is -2.06. The zero-order chi connectivity index (χ0) is 23.2. The van der Waals surface area contributed by atoms with E-state index in [1.165, 1.54) is 29.7 Å². The van der Waals surface area contributed by atoms with Crippen molar-refractivity contribution in [2.45, 2.75) is 6.92 Å². The van der Waals surface area contributed by atoms with Gasteiger partial charge in [0.1, 0.15) is 5.82 Å². The van der Waals surface area contributed by atoms with Gasteiger partial charge in [0.05, 0.1) is 28.7 Å². The number of thiazole rings is 1. The molecule has 0 atom stereocenters. The van der Waals surface area contributed by atoms with E-state index in [4.69, 9.17) is 0 Å². The fourth-order valence-electron chi connectivity index (χ4n) is 3.76. The number of halogens is 1. The van der Waals surface area contributed by atoms with Crippen molar-refractivity contribution in [3.63, 3.8) is 0 Å². The minimum absolute atomic E-state index is 0.177. The molecular weight excluding hydrogens is 453 g/mol. The van der Waals surface area contributed by atoms with Crippen LogP contribution in [0.1, 0.15) is 16.1 Å². The van der Waals surface area contributed by atoms with Crippen LogP contribution in [0.3, 0.4) is 0 Å². The first kappa shape index (κ1) is 20.2. The van der Waals surface area contributed by atoms with Gasteiger partial charge in [-0.3, -0.25) is 10.1 Å². The molecule has 0 fully saturated rings. The van der Waals surface area contributed by atoms with Crippen LogP contribution < -0.4 is 5.32 Å².